The number of amides is 1. The molecule has 6 nitrogen and oxygen atoms in total. The summed E-state index contributed by atoms with van der Waals surface area (Å²) in [6.45, 7) is 1.27. The minimum atomic E-state index is -0.299. The van der Waals surface area contributed by atoms with E-state index in [0.29, 0.717) is 23.5 Å². The quantitative estimate of drug-likeness (QED) is 0.618. The second-order valence-corrected chi connectivity index (χ2v) is 8.34. The van der Waals surface area contributed by atoms with Crippen LogP contribution in [-0.2, 0) is 4.74 Å². The molecular weight excluding hydrogens is 434 g/mol. The third kappa shape index (κ3) is 3.14. The Hall–Kier alpha value is -2.64. The number of rotatable bonds is 4. The summed E-state index contributed by atoms with van der Waals surface area (Å²) in [5.74, 6) is 0.0504. The molecule has 29 heavy (non-hydrogen) atoms. The summed E-state index contributed by atoms with van der Waals surface area (Å²) in [6, 6.07) is 14.7. The van der Waals surface area contributed by atoms with Gasteiger partial charge in [-0.15, -0.1) is 0 Å². The molecule has 7 heteroatoms. The Balaban J connectivity index is 1.65. The van der Waals surface area contributed by atoms with Crippen molar-refractivity contribution in [2.45, 2.75) is 25.0 Å². The van der Waals surface area contributed by atoms with E-state index in [-0.39, 0.29) is 23.8 Å². The minimum Gasteiger partial charge on any atom is -0.507 e. The summed E-state index contributed by atoms with van der Waals surface area (Å²) in [6.07, 6.45) is 2.01. The molecule has 1 amide bonds. The van der Waals surface area contributed by atoms with Crippen LogP contribution in [0.5, 0.6) is 5.75 Å². The first-order valence-electron chi connectivity index (χ1n) is 9.68. The summed E-state index contributed by atoms with van der Waals surface area (Å²) in [5, 5.41) is 17.7. The third-order valence-corrected chi connectivity index (χ3v) is 6.10. The Morgan fingerprint density at radius 1 is 1.24 bits per heavy atom. The van der Waals surface area contributed by atoms with Crippen LogP contribution in [0.25, 0.3) is 11.3 Å². The van der Waals surface area contributed by atoms with Gasteiger partial charge in [-0.2, -0.15) is 5.10 Å². The van der Waals surface area contributed by atoms with Crippen molar-refractivity contribution < 1.29 is 14.6 Å². The van der Waals surface area contributed by atoms with E-state index in [1.54, 1.807) is 12.1 Å². The monoisotopic (exact) mass is 453 g/mol. The van der Waals surface area contributed by atoms with Crippen LogP contribution in [0.4, 0.5) is 0 Å². The summed E-state index contributed by atoms with van der Waals surface area (Å²) in [5.41, 5.74) is 3.48. The Kier molecular flexibility index (Phi) is 4.64. The number of hydrogen-bond acceptors (Lipinski definition) is 4. The second-order valence-electron chi connectivity index (χ2n) is 7.43. The number of aromatic nitrogens is 2. The number of aromatic hydroxyl groups is 1. The van der Waals surface area contributed by atoms with E-state index in [4.69, 9.17) is 4.74 Å². The molecule has 5 rings (SSSR count). The van der Waals surface area contributed by atoms with E-state index in [9.17, 15) is 9.90 Å². The van der Waals surface area contributed by atoms with Gasteiger partial charge in [0.25, 0.3) is 5.91 Å². The van der Waals surface area contributed by atoms with Crippen LogP contribution in [0.1, 0.15) is 40.5 Å². The van der Waals surface area contributed by atoms with E-state index in [2.05, 4.69) is 26.1 Å². The molecule has 0 spiro atoms. The molecule has 0 unspecified atom stereocenters. The van der Waals surface area contributed by atoms with Gasteiger partial charge in [-0.25, -0.2) is 0 Å². The molecule has 3 aromatic rings. The van der Waals surface area contributed by atoms with Gasteiger partial charge in [-0.3, -0.25) is 9.89 Å². The van der Waals surface area contributed by atoms with E-state index >= 15 is 0 Å². The van der Waals surface area contributed by atoms with Crippen LogP contribution in [0.15, 0.2) is 53.0 Å². The summed E-state index contributed by atoms with van der Waals surface area (Å²) < 4.78 is 6.76. The summed E-state index contributed by atoms with van der Waals surface area (Å²) in [4.78, 5) is 15.2. The SMILES string of the molecule is O=C1c2[nH]nc(-c3ccccc3O)c2[C@H](c2cccc(Br)c2)N1C[C@H]1CCCO1. The average molecular weight is 454 g/mol. The zero-order valence-electron chi connectivity index (χ0n) is 15.6. The smallest absolute Gasteiger partial charge is 0.273 e. The molecule has 3 heterocycles. The van der Waals surface area contributed by atoms with E-state index in [1.807, 2.05) is 41.3 Å². The maximum Gasteiger partial charge on any atom is 0.273 e. The number of ether oxygens (including phenoxy) is 1. The number of halogens is 1. The number of carbonyl (C=O) groups excluding carboxylic acids is 1. The van der Waals surface area contributed by atoms with Crippen molar-refractivity contribution >= 4 is 21.8 Å². The molecule has 0 aliphatic carbocycles. The van der Waals surface area contributed by atoms with Gasteiger partial charge in [-0.1, -0.05) is 40.2 Å². The van der Waals surface area contributed by atoms with Crippen molar-refractivity contribution in [3.63, 3.8) is 0 Å². The first-order valence-corrected chi connectivity index (χ1v) is 10.5. The molecule has 2 aromatic carbocycles. The van der Waals surface area contributed by atoms with E-state index < -0.39 is 0 Å². The number of fused-ring (bicyclic) bond motifs is 1. The number of para-hydroxylation sites is 1. The lowest BCUT2D eigenvalue weighted by atomic mass is 9.95. The lowest BCUT2D eigenvalue weighted by Gasteiger charge is -2.28. The van der Waals surface area contributed by atoms with E-state index in [0.717, 1.165) is 35.0 Å². The Morgan fingerprint density at radius 2 is 2.10 bits per heavy atom. The van der Waals surface area contributed by atoms with Crippen molar-refractivity contribution in [1.29, 1.82) is 0 Å². The largest absolute Gasteiger partial charge is 0.507 e. The van der Waals surface area contributed by atoms with Crippen molar-refractivity contribution in [2.75, 3.05) is 13.2 Å². The zero-order valence-corrected chi connectivity index (χ0v) is 17.2. The number of nitrogens with one attached hydrogen (secondary N) is 1. The zero-order chi connectivity index (χ0) is 20.0. The van der Waals surface area contributed by atoms with Crippen LogP contribution in [-0.4, -0.2) is 45.4 Å². The van der Waals surface area contributed by atoms with Crippen molar-refractivity contribution in [2.24, 2.45) is 0 Å². The maximum atomic E-state index is 13.3. The van der Waals surface area contributed by atoms with Crippen molar-refractivity contribution in [3.8, 4) is 17.0 Å². The number of H-pyrrole nitrogens is 1. The highest BCUT2D eigenvalue weighted by Crippen LogP contribution is 2.45. The molecule has 1 aromatic heterocycles. The molecule has 2 N–H and O–H groups in total. The molecule has 148 valence electrons. The lowest BCUT2D eigenvalue weighted by Crippen LogP contribution is -2.36. The third-order valence-electron chi connectivity index (χ3n) is 5.61. The highest BCUT2D eigenvalue weighted by molar-refractivity contribution is 9.10. The average Bonchev–Trinajstić information content (AvgIpc) is 3.42. The number of aromatic amines is 1. The normalized spacial score (nSPS) is 21.0. The van der Waals surface area contributed by atoms with Gasteiger partial charge in [0, 0.05) is 28.8 Å². The number of phenolic OH excluding ortho intramolecular Hbond substituents is 1. The van der Waals surface area contributed by atoms with Gasteiger partial charge in [-0.05, 0) is 42.7 Å². The molecule has 2 aliphatic rings. The predicted octanol–water partition coefficient (Wildman–Crippen LogP) is 4.27. The highest BCUT2D eigenvalue weighted by Gasteiger charge is 2.43. The number of carbonyl (C=O) groups is 1. The number of benzene rings is 2. The molecule has 0 bridgehead atoms. The van der Waals surface area contributed by atoms with Gasteiger partial charge in [0.05, 0.1) is 12.1 Å². The van der Waals surface area contributed by atoms with Gasteiger partial charge in [0.2, 0.25) is 0 Å². The Bertz CT molecular complexity index is 1070. The summed E-state index contributed by atoms with van der Waals surface area (Å²) in [7, 11) is 0. The number of hydrogen-bond donors (Lipinski definition) is 2. The Labute approximate surface area is 176 Å². The molecule has 2 aliphatic heterocycles. The molecule has 0 saturated carbocycles. The maximum absolute atomic E-state index is 13.3. The molecule has 2 atom stereocenters. The fraction of sp³-hybridized carbons (Fsp3) is 0.273. The second kappa shape index (κ2) is 7.31. The molecule has 0 radical (unpaired) electrons. The predicted molar refractivity (Wildman–Crippen MR) is 112 cm³/mol. The van der Waals surface area contributed by atoms with Crippen LogP contribution in [0, 0.1) is 0 Å². The van der Waals surface area contributed by atoms with Crippen molar-refractivity contribution in [1.82, 2.24) is 15.1 Å². The van der Waals surface area contributed by atoms with Gasteiger partial charge >= 0.3 is 0 Å². The number of nitrogens with zero attached hydrogens (tertiary/aromatic N) is 2. The van der Waals surface area contributed by atoms with Gasteiger partial charge in [0.15, 0.2) is 0 Å². The first kappa shape index (κ1) is 18.4. The molecular formula is C22H20BrN3O3. The minimum absolute atomic E-state index is 0.0409. The topological polar surface area (TPSA) is 78.5 Å². The highest BCUT2D eigenvalue weighted by atomic mass is 79.9. The first-order chi connectivity index (χ1) is 14.1. The molecule has 1 saturated heterocycles. The van der Waals surface area contributed by atoms with Crippen molar-refractivity contribution in [3.05, 3.63) is 69.8 Å². The van der Waals surface area contributed by atoms with Crippen LogP contribution >= 0.6 is 15.9 Å². The van der Waals surface area contributed by atoms with Crippen LogP contribution in [0.2, 0.25) is 0 Å². The molecule has 1 fully saturated rings. The Morgan fingerprint density at radius 3 is 2.86 bits per heavy atom. The summed E-state index contributed by atoms with van der Waals surface area (Å²) >= 11 is 3.55. The fourth-order valence-corrected chi connectivity index (χ4v) is 4.71. The fourth-order valence-electron chi connectivity index (χ4n) is 4.30. The van der Waals surface area contributed by atoms with Gasteiger partial charge < -0.3 is 14.7 Å². The van der Waals surface area contributed by atoms with Crippen LogP contribution in [0.3, 0.4) is 0 Å². The van der Waals surface area contributed by atoms with Crippen LogP contribution < -0.4 is 0 Å². The number of phenols is 1. The standard InChI is InChI=1S/C22H20BrN3O3/c23-14-6-3-5-13(11-14)21-18-19(16-8-1-2-9-17(16)27)24-25-20(18)22(28)26(21)12-15-7-4-10-29-15/h1-3,5-6,8-9,11,15,21,27H,4,7,10,12H2,(H,24,25)/t15-,21+/m1/s1. The van der Waals surface area contributed by atoms with E-state index in [1.165, 1.54) is 0 Å². The van der Waals surface area contributed by atoms with Gasteiger partial charge in [0.1, 0.15) is 17.1 Å². The lowest BCUT2D eigenvalue weighted by molar-refractivity contribution is 0.0495.